The second-order valence-electron chi connectivity index (χ2n) is 7.16. The molecule has 1 amide bonds. The van der Waals surface area contributed by atoms with Gasteiger partial charge in [0.25, 0.3) is 5.56 Å². The third-order valence-electron chi connectivity index (χ3n) is 4.42. The Kier molecular flexibility index (Phi) is 6.36. The Morgan fingerprint density at radius 2 is 1.97 bits per heavy atom. The van der Waals surface area contributed by atoms with E-state index in [2.05, 4.69) is 19.2 Å². The fourth-order valence-electron chi connectivity index (χ4n) is 2.99. The topological polar surface area (TPSA) is 64.0 Å². The van der Waals surface area contributed by atoms with Gasteiger partial charge in [-0.2, -0.15) is 0 Å². The van der Waals surface area contributed by atoms with E-state index in [1.54, 1.807) is 15.9 Å². The van der Waals surface area contributed by atoms with E-state index in [1.165, 1.54) is 23.1 Å². The number of carbonyl (C=O) groups is 1. The second-order valence-corrected chi connectivity index (χ2v) is 9.91. The van der Waals surface area contributed by atoms with Gasteiger partial charge in [0.05, 0.1) is 16.8 Å². The third-order valence-corrected chi connectivity index (χ3v) is 7.13. The lowest BCUT2D eigenvalue weighted by atomic mass is 10.2. The normalized spacial score (nSPS) is 11.3. The highest BCUT2D eigenvalue weighted by molar-refractivity contribution is 7.99. The highest BCUT2D eigenvalue weighted by Gasteiger charge is 2.19. The number of carbonyl (C=O) groups excluding carboxylic acids is 1. The Labute approximate surface area is 186 Å². The Morgan fingerprint density at radius 1 is 1.17 bits per heavy atom. The lowest BCUT2D eigenvalue weighted by Crippen LogP contribution is -2.29. The number of rotatable bonds is 7. The summed E-state index contributed by atoms with van der Waals surface area (Å²) in [5, 5.41) is 8.06. The maximum Gasteiger partial charge on any atom is 0.268 e. The molecule has 0 saturated heterocycles. The van der Waals surface area contributed by atoms with Gasteiger partial charge in [-0.1, -0.05) is 49.9 Å². The maximum absolute atomic E-state index is 13.6. The number of thiophene rings is 2. The predicted molar refractivity (Wildman–Crippen MR) is 127 cm³/mol. The Hall–Kier alpha value is -2.42. The fourth-order valence-corrected chi connectivity index (χ4v) is 5.63. The summed E-state index contributed by atoms with van der Waals surface area (Å²) >= 11 is 4.35. The number of para-hydroxylation sites is 1. The quantitative estimate of drug-likeness (QED) is 0.313. The molecule has 0 bridgehead atoms. The first-order valence-corrected chi connectivity index (χ1v) is 12.3. The van der Waals surface area contributed by atoms with Crippen molar-refractivity contribution in [2.45, 2.75) is 19.0 Å². The summed E-state index contributed by atoms with van der Waals surface area (Å²) in [6.07, 6.45) is 0. The Balaban J connectivity index is 1.78. The number of nitrogens with one attached hydrogen (secondary N) is 1. The summed E-state index contributed by atoms with van der Waals surface area (Å²) in [6, 6.07) is 13.5. The highest BCUT2D eigenvalue weighted by atomic mass is 32.2. The molecule has 8 heteroatoms. The summed E-state index contributed by atoms with van der Waals surface area (Å²) in [7, 11) is 0. The molecule has 0 aliphatic carbocycles. The van der Waals surface area contributed by atoms with E-state index in [1.807, 2.05) is 53.2 Å². The predicted octanol–water partition coefficient (Wildman–Crippen LogP) is 5.04. The van der Waals surface area contributed by atoms with Gasteiger partial charge in [-0.3, -0.25) is 14.2 Å². The number of nitrogens with zero attached hydrogens (tertiary/aromatic N) is 2. The number of fused-ring (bicyclic) bond motifs is 1. The highest BCUT2D eigenvalue weighted by Crippen LogP contribution is 2.35. The summed E-state index contributed by atoms with van der Waals surface area (Å²) in [5.41, 5.74) is 1.55. The van der Waals surface area contributed by atoms with Crippen molar-refractivity contribution in [3.8, 4) is 16.1 Å². The Bertz CT molecular complexity index is 1210. The SMILES string of the molecule is CC(C)CNC(=O)CSc1nc2scc(-c3cccs3)c2c(=O)n1-c1ccccc1. The van der Waals surface area contributed by atoms with E-state index in [0.717, 1.165) is 16.1 Å². The first-order valence-electron chi connectivity index (χ1n) is 9.57. The van der Waals surface area contributed by atoms with Crippen LogP contribution < -0.4 is 10.9 Å². The second kappa shape index (κ2) is 9.16. The molecular formula is C22H21N3O2S3. The summed E-state index contributed by atoms with van der Waals surface area (Å²) < 4.78 is 1.62. The molecule has 0 radical (unpaired) electrons. The van der Waals surface area contributed by atoms with Crippen molar-refractivity contribution in [1.29, 1.82) is 0 Å². The molecule has 0 unspecified atom stereocenters. The van der Waals surface area contributed by atoms with E-state index >= 15 is 0 Å². The van der Waals surface area contributed by atoms with E-state index in [-0.39, 0.29) is 17.2 Å². The molecule has 0 fully saturated rings. The van der Waals surface area contributed by atoms with Crippen LogP contribution in [0.2, 0.25) is 0 Å². The van der Waals surface area contributed by atoms with Gasteiger partial charge in [-0.05, 0) is 29.5 Å². The van der Waals surface area contributed by atoms with Crippen LogP contribution in [0.4, 0.5) is 0 Å². The van der Waals surface area contributed by atoms with Crippen molar-refractivity contribution in [1.82, 2.24) is 14.9 Å². The molecule has 0 aliphatic rings. The van der Waals surface area contributed by atoms with E-state index in [0.29, 0.717) is 27.8 Å². The van der Waals surface area contributed by atoms with Gasteiger partial charge in [-0.15, -0.1) is 22.7 Å². The van der Waals surface area contributed by atoms with Gasteiger partial charge < -0.3 is 5.32 Å². The molecule has 3 heterocycles. The van der Waals surface area contributed by atoms with Gasteiger partial charge in [0, 0.05) is 22.4 Å². The molecule has 0 spiro atoms. The summed E-state index contributed by atoms with van der Waals surface area (Å²) in [5.74, 6) is 0.534. The lowest BCUT2D eigenvalue weighted by molar-refractivity contribution is -0.118. The average molecular weight is 456 g/mol. The van der Waals surface area contributed by atoms with Crippen LogP contribution in [0.15, 0.2) is 63.2 Å². The standard InChI is InChI=1S/C22H21N3O2S3/c1-14(2)11-23-18(26)13-30-22-24-20-19(16(12-29-20)17-9-6-10-28-17)21(27)25(22)15-7-4-3-5-8-15/h3-10,12,14H,11,13H2,1-2H3,(H,23,26). The van der Waals surface area contributed by atoms with E-state index < -0.39 is 0 Å². The minimum atomic E-state index is -0.110. The zero-order valence-electron chi connectivity index (χ0n) is 16.6. The van der Waals surface area contributed by atoms with Gasteiger partial charge in [-0.25, -0.2) is 4.98 Å². The smallest absolute Gasteiger partial charge is 0.268 e. The average Bonchev–Trinajstić information content (AvgIpc) is 3.41. The molecule has 1 aromatic carbocycles. The molecule has 4 aromatic rings. The van der Waals surface area contributed by atoms with Crippen molar-refractivity contribution in [2.24, 2.45) is 5.92 Å². The van der Waals surface area contributed by atoms with Gasteiger partial charge in [0.1, 0.15) is 4.83 Å². The fraction of sp³-hybridized carbons (Fsp3) is 0.227. The number of thioether (sulfide) groups is 1. The van der Waals surface area contributed by atoms with Crippen LogP contribution in [0.1, 0.15) is 13.8 Å². The van der Waals surface area contributed by atoms with Crippen molar-refractivity contribution in [2.75, 3.05) is 12.3 Å². The van der Waals surface area contributed by atoms with Crippen molar-refractivity contribution in [3.63, 3.8) is 0 Å². The third kappa shape index (κ3) is 4.35. The van der Waals surface area contributed by atoms with Crippen LogP contribution in [0.5, 0.6) is 0 Å². The van der Waals surface area contributed by atoms with Crippen LogP contribution in [0.25, 0.3) is 26.3 Å². The zero-order chi connectivity index (χ0) is 21.1. The van der Waals surface area contributed by atoms with Crippen LogP contribution in [0.3, 0.4) is 0 Å². The zero-order valence-corrected chi connectivity index (χ0v) is 19.1. The van der Waals surface area contributed by atoms with Crippen molar-refractivity contribution >= 4 is 50.6 Å². The minimum absolute atomic E-state index is 0.0619. The summed E-state index contributed by atoms with van der Waals surface area (Å²) in [6.45, 7) is 4.74. The van der Waals surface area contributed by atoms with Gasteiger partial charge in [0.2, 0.25) is 5.91 Å². The molecule has 1 N–H and O–H groups in total. The molecule has 30 heavy (non-hydrogen) atoms. The molecular weight excluding hydrogens is 434 g/mol. The monoisotopic (exact) mass is 455 g/mol. The molecule has 4 rings (SSSR count). The minimum Gasteiger partial charge on any atom is -0.355 e. The molecule has 3 aromatic heterocycles. The van der Waals surface area contributed by atoms with Crippen LogP contribution in [-0.4, -0.2) is 27.8 Å². The number of benzene rings is 1. The molecule has 5 nitrogen and oxygen atoms in total. The summed E-state index contributed by atoms with van der Waals surface area (Å²) in [4.78, 5) is 32.4. The molecule has 0 aliphatic heterocycles. The lowest BCUT2D eigenvalue weighted by Gasteiger charge is -2.13. The van der Waals surface area contributed by atoms with E-state index in [4.69, 9.17) is 4.98 Å². The molecule has 0 saturated carbocycles. The number of aromatic nitrogens is 2. The van der Waals surface area contributed by atoms with Crippen molar-refractivity contribution in [3.05, 3.63) is 63.6 Å². The van der Waals surface area contributed by atoms with Gasteiger partial charge in [0.15, 0.2) is 5.16 Å². The molecule has 0 atom stereocenters. The number of amides is 1. The van der Waals surface area contributed by atoms with Crippen LogP contribution in [0, 0.1) is 5.92 Å². The first kappa shape index (κ1) is 20.8. The van der Waals surface area contributed by atoms with Gasteiger partial charge >= 0.3 is 0 Å². The van der Waals surface area contributed by atoms with Crippen LogP contribution in [-0.2, 0) is 4.79 Å². The van der Waals surface area contributed by atoms with E-state index in [9.17, 15) is 9.59 Å². The maximum atomic E-state index is 13.6. The first-order chi connectivity index (χ1) is 14.5. The van der Waals surface area contributed by atoms with Crippen molar-refractivity contribution < 1.29 is 4.79 Å². The van der Waals surface area contributed by atoms with Crippen LogP contribution >= 0.6 is 34.4 Å². The largest absolute Gasteiger partial charge is 0.355 e. The number of hydrogen-bond acceptors (Lipinski definition) is 6. The molecule has 154 valence electrons. The number of hydrogen-bond donors (Lipinski definition) is 1. The Morgan fingerprint density at radius 3 is 2.67 bits per heavy atom.